The molecule has 2 fully saturated rings. The van der Waals surface area contributed by atoms with Crippen molar-refractivity contribution in [2.24, 2.45) is 0 Å². The van der Waals surface area contributed by atoms with Gasteiger partial charge in [-0.1, -0.05) is 30.3 Å². The van der Waals surface area contributed by atoms with Crippen LogP contribution in [0.5, 0.6) is 0 Å². The summed E-state index contributed by atoms with van der Waals surface area (Å²) in [6, 6.07) is 21.6. The van der Waals surface area contributed by atoms with Gasteiger partial charge in [-0.05, 0) is 81.0 Å². The lowest BCUT2D eigenvalue weighted by Crippen LogP contribution is -2.46. The molecule has 4 heterocycles. The van der Waals surface area contributed by atoms with Gasteiger partial charge in [0.2, 0.25) is 0 Å². The number of benzene rings is 2. The normalized spacial score (nSPS) is 19.5. The van der Waals surface area contributed by atoms with Crippen LogP contribution in [-0.2, 0) is 11.2 Å². The van der Waals surface area contributed by atoms with E-state index in [4.69, 9.17) is 4.74 Å². The van der Waals surface area contributed by atoms with E-state index in [1.165, 1.54) is 11.3 Å². The molecule has 0 radical (unpaired) electrons. The Morgan fingerprint density at radius 2 is 1.91 bits per heavy atom. The largest absolute Gasteiger partial charge is 0.382 e. The van der Waals surface area contributed by atoms with Gasteiger partial charge in [0.05, 0.1) is 22.6 Å². The van der Waals surface area contributed by atoms with Crippen LogP contribution in [0, 0.1) is 0 Å². The molecular formula is C37H41N5O4S. The number of aliphatic hydroxyl groups is 1. The van der Waals surface area contributed by atoms with Crippen molar-refractivity contribution in [3.8, 4) is 10.4 Å². The van der Waals surface area contributed by atoms with Gasteiger partial charge >= 0.3 is 0 Å². The summed E-state index contributed by atoms with van der Waals surface area (Å²) in [5, 5.41) is 14.8. The number of ether oxygens (including phenoxy) is 1. The standard InChI is InChI=1S/C37H41N5O4S/c1-37(23-46-3)18-7-20-42(37)33-29(9-6-19-38-33)36(45)40(2)27-15-11-24(12-16-27)35(44)41-21-17-25-22-31(34(43)39-26-13-14-26)47-32(25)28-8-4-5-10-30(28)41/h4-6,8-12,15-16,19,22,26,35,44H,7,13-14,17-18,20-21,23H2,1-3H3,(H,39,43). The first-order valence-electron chi connectivity index (χ1n) is 16.3. The van der Waals surface area contributed by atoms with Gasteiger partial charge in [0, 0.05) is 66.9 Å². The number of anilines is 3. The maximum Gasteiger partial charge on any atom is 0.261 e. The fourth-order valence-electron chi connectivity index (χ4n) is 6.94. The minimum absolute atomic E-state index is 0.00356. The summed E-state index contributed by atoms with van der Waals surface area (Å²) in [7, 11) is 3.48. The van der Waals surface area contributed by atoms with E-state index in [9.17, 15) is 14.7 Å². The number of para-hydroxylation sites is 1. The Morgan fingerprint density at radius 3 is 2.68 bits per heavy atom. The summed E-state index contributed by atoms with van der Waals surface area (Å²) in [4.78, 5) is 39.0. The lowest BCUT2D eigenvalue weighted by Gasteiger charge is -2.36. The van der Waals surface area contributed by atoms with Crippen molar-refractivity contribution in [2.45, 2.75) is 56.8 Å². The minimum atomic E-state index is -0.892. The second-order valence-corrected chi connectivity index (χ2v) is 14.1. The molecule has 4 aromatic rings. The number of fused-ring (bicyclic) bond motifs is 3. The van der Waals surface area contributed by atoms with Crippen molar-refractivity contribution < 1.29 is 19.4 Å². The van der Waals surface area contributed by atoms with E-state index in [-0.39, 0.29) is 17.4 Å². The van der Waals surface area contributed by atoms with E-state index in [2.05, 4.69) is 28.2 Å². The Bertz CT molecular complexity index is 1790. The Hall–Kier alpha value is -4.25. The number of aliphatic hydroxyl groups excluding tert-OH is 1. The van der Waals surface area contributed by atoms with Gasteiger partial charge in [0.15, 0.2) is 6.23 Å². The highest BCUT2D eigenvalue weighted by Gasteiger charge is 2.39. The number of pyridine rings is 1. The lowest BCUT2D eigenvalue weighted by atomic mass is 9.99. The molecule has 7 rings (SSSR count). The molecule has 2 aromatic carbocycles. The number of amides is 2. The molecule has 2 aliphatic heterocycles. The fraction of sp³-hybridized carbons (Fsp3) is 0.378. The summed E-state index contributed by atoms with van der Waals surface area (Å²) in [5.41, 5.74) is 4.84. The monoisotopic (exact) mass is 651 g/mol. The molecule has 2 unspecified atom stereocenters. The van der Waals surface area contributed by atoms with Crippen molar-refractivity contribution in [3.63, 3.8) is 0 Å². The van der Waals surface area contributed by atoms with Crippen molar-refractivity contribution >= 4 is 40.3 Å². The third-order valence-corrected chi connectivity index (χ3v) is 10.9. The molecule has 1 aliphatic carbocycles. The Morgan fingerprint density at radius 1 is 1.13 bits per heavy atom. The highest BCUT2D eigenvalue weighted by Crippen LogP contribution is 2.44. The van der Waals surface area contributed by atoms with Gasteiger partial charge in [0.25, 0.3) is 11.8 Å². The molecule has 2 atom stereocenters. The topological polar surface area (TPSA) is 98.2 Å². The number of rotatable bonds is 9. The van der Waals surface area contributed by atoms with E-state index in [0.29, 0.717) is 37.0 Å². The highest BCUT2D eigenvalue weighted by atomic mass is 32.1. The number of aromatic nitrogens is 1. The maximum atomic E-state index is 13.9. The number of carbonyl (C=O) groups excluding carboxylic acids is 2. The predicted molar refractivity (Wildman–Crippen MR) is 187 cm³/mol. The average molecular weight is 652 g/mol. The second kappa shape index (κ2) is 12.7. The second-order valence-electron chi connectivity index (χ2n) is 13.1. The molecule has 244 valence electrons. The van der Waals surface area contributed by atoms with Crippen molar-refractivity contribution in [2.75, 3.05) is 48.6 Å². The first-order valence-corrected chi connectivity index (χ1v) is 17.2. The van der Waals surface area contributed by atoms with Crippen LogP contribution in [0.25, 0.3) is 10.4 Å². The molecule has 0 bridgehead atoms. The number of hydrogen-bond acceptors (Lipinski definition) is 8. The predicted octanol–water partition coefficient (Wildman–Crippen LogP) is 6.04. The van der Waals surface area contributed by atoms with Crippen LogP contribution in [-0.4, -0.2) is 67.3 Å². The molecule has 2 aromatic heterocycles. The Labute approximate surface area is 279 Å². The SMILES string of the molecule is COCC1(C)CCCN1c1ncccc1C(=O)N(C)c1ccc(C(O)N2CCc3cc(C(=O)NC4CC4)sc3-c3ccccc32)cc1. The quantitative estimate of drug-likeness (QED) is 0.228. The van der Waals surface area contributed by atoms with Crippen molar-refractivity contribution in [1.29, 1.82) is 0 Å². The molecule has 2 N–H and O–H groups in total. The number of nitrogens with zero attached hydrogens (tertiary/aromatic N) is 4. The number of hydrogen-bond donors (Lipinski definition) is 2. The summed E-state index contributed by atoms with van der Waals surface area (Å²) in [5.74, 6) is 0.534. The van der Waals surface area contributed by atoms with E-state index >= 15 is 0 Å². The number of methoxy groups -OCH3 is 1. The molecule has 1 saturated carbocycles. The van der Waals surface area contributed by atoms with Gasteiger partial charge in [-0.15, -0.1) is 11.3 Å². The maximum absolute atomic E-state index is 13.9. The molecular weight excluding hydrogens is 611 g/mol. The molecule has 9 nitrogen and oxygen atoms in total. The first-order chi connectivity index (χ1) is 22.8. The Balaban J connectivity index is 1.10. The number of nitrogens with one attached hydrogen (secondary N) is 1. The van der Waals surface area contributed by atoms with Crippen LogP contribution >= 0.6 is 11.3 Å². The van der Waals surface area contributed by atoms with Crippen LogP contribution < -0.4 is 20.0 Å². The first kappa shape index (κ1) is 31.4. The van der Waals surface area contributed by atoms with E-state index < -0.39 is 6.23 Å². The summed E-state index contributed by atoms with van der Waals surface area (Å²) in [6.07, 6.45) is 5.64. The van der Waals surface area contributed by atoms with Crippen LogP contribution in [0.3, 0.4) is 0 Å². The Kier molecular flexibility index (Phi) is 8.50. The smallest absolute Gasteiger partial charge is 0.261 e. The lowest BCUT2D eigenvalue weighted by molar-refractivity contribution is 0.0953. The van der Waals surface area contributed by atoms with Gasteiger partial charge in [-0.3, -0.25) is 9.59 Å². The van der Waals surface area contributed by atoms with E-state index in [1.807, 2.05) is 59.5 Å². The van der Waals surface area contributed by atoms with E-state index in [0.717, 1.165) is 70.0 Å². The molecule has 0 spiro atoms. The zero-order valence-electron chi connectivity index (χ0n) is 27.1. The van der Waals surface area contributed by atoms with Crippen molar-refractivity contribution in [1.82, 2.24) is 10.3 Å². The fourth-order valence-corrected chi connectivity index (χ4v) is 8.09. The van der Waals surface area contributed by atoms with Crippen LogP contribution in [0.4, 0.5) is 17.2 Å². The summed E-state index contributed by atoms with van der Waals surface area (Å²) in [6.45, 7) is 4.13. The highest BCUT2D eigenvalue weighted by molar-refractivity contribution is 7.17. The number of thiophene rings is 1. The van der Waals surface area contributed by atoms with Crippen molar-refractivity contribution in [3.05, 3.63) is 94.5 Å². The van der Waals surface area contributed by atoms with Gasteiger partial charge in [-0.2, -0.15) is 0 Å². The third-order valence-electron chi connectivity index (χ3n) is 9.68. The van der Waals surface area contributed by atoms with Crippen LogP contribution in [0.15, 0.2) is 72.9 Å². The number of carbonyl (C=O) groups is 2. The molecule has 1 saturated heterocycles. The third kappa shape index (κ3) is 6.01. The van der Waals surface area contributed by atoms with Gasteiger partial charge < -0.3 is 29.9 Å². The molecule has 2 amide bonds. The van der Waals surface area contributed by atoms with Crippen LogP contribution in [0.2, 0.25) is 0 Å². The summed E-state index contributed by atoms with van der Waals surface area (Å²) >= 11 is 1.52. The molecule has 10 heteroatoms. The average Bonchev–Trinajstić information content (AvgIpc) is 3.72. The molecule has 47 heavy (non-hydrogen) atoms. The summed E-state index contributed by atoms with van der Waals surface area (Å²) < 4.78 is 5.53. The van der Waals surface area contributed by atoms with Gasteiger partial charge in [0.1, 0.15) is 5.82 Å². The zero-order valence-corrected chi connectivity index (χ0v) is 27.9. The van der Waals surface area contributed by atoms with E-state index in [1.54, 1.807) is 31.3 Å². The zero-order chi connectivity index (χ0) is 32.7. The van der Waals surface area contributed by atoms with Gasteiger partial charge in [-0.25, -0.2) is 4.98 Å². The molecule has 3 aliphatic rings. The minimum Gasteiger partial charge on any atom is -0.382 e. The van der Waals surface area contributed by atoms with Crippen LogP contribution in [0.1, 0.15) is 70.0 Å².